The number of sulfonamides is 1. The van der Waals surface area contributed by atoms with E-state index in [9.17, 15) is 26.8 Å². The summed E-state index contributed by atoms with van der Waals surface area (Å²) in [5, 5.41) is 0.908. The van der Waals surface area contributed by atoms with Crippen molar-refractivity contribution in [3.63, 3.8) is 0 Å². The van der Waals surface area contributed by atoms with Crippen molar-refractivity contribution in [1.29, 1.82) is 0 Å². The Labute approximate surface area is 217 Å². The van der Waals surface area contributed by atoms with Gasteiger partial charge in [-0.1, -0.05) is 42.3 Å². The van der Waals surface area contributed by atoms with Crippen molar-refractivity contribution in [3.8, 4) is 0 Å². The number of rotatable bonds is 6. The number of carbonyl (C=O) groups excluding carboxylic acids is 2. The zero-order valence-corrected chi connectivity index (χ0v) is 21.5. The topological polar surface area (TPSA) is 83.6 Å². The monoisotopic (exact) mass is 554 g/mol. The minimum Gasteiger partial charge on any atom is -0.311 e. The van der Waals surface area contributed by atoms with Crippen molar-refractivity contribution >= 4 is 45.0 Å². The molecule has 1 aliphatic carbocycles. The lowest BCUT2D eigenvalue weighted by Gasteiger charge is -2.34. The Morgan fingerprint density at radius 1 is 1.17 bits per heavy atom. The van der Waals surface area contributed by atoms with Crippen LogP contribution in [0.4, 0.5) is 8.78 Å². The van der Waals surface area contributed by atoms with Gasteiger partial charge in [0.15, 0.2) is 11.6 Å². The summed E-state index contributed by atoms with van der Waals surface area (Å²) in [5.74, 6) is -3.58. The van der Waals surface area contributed by atoms with Crippen molar-refractivity contribution in [2.75, 3.05) is 0 Å². The quantitative estimate of drug-likeness (QED) is 0.477. The van der Waals surface area contributed by atoms with Gasteiger partial charge in [0.05, 0.1) is 11.4 Å². The molecule has 0 saturated carbocycles. The third kappa shape index (κ3) is 5.33. The van der Waals surface area contributed by atoms with Crippen LogP contribution in [0.1, 0.15) is 38.2 Å². The van der Waals surface area contributed by atoms with Crippen LogP contribution in [0.5, 0.6) is 0 Å². The van der Waals surface area contributed by atoms with Gasteiger partial charge in [-0.2, -0.15) is 0 Å². The fourth-order valence-electron chi connectivity index (χ4n) is 4.71. The summed E-state index contributed by atoms with van der Waals surface area (Å²) in [6.45, 7) is 2.22. The van der Waals surface area contributed by atoms with E-state index in [-0.39, 0.29) is 12.5 Å². The van der Waals surface area contributed by atoms with Crippen LogP contribution in [0.15, 0.2) is 64.7 Å². The molecule has 6 nitrogen and oxygen atoms in total. The number of nitrogens with one attached hydrogen (secondary N) is 1. The summed E-state index contributed by atoms with van der Waals surface area (Å²) >= 11 is 12.3. The zero-order valence-electron chi connectivity index (χ0n) is 19.2. The van der Waals surface area contributed by atoms with E-state index in [0.717, 1.165) is 41.8 Å². The second-order valence-electron chi connectivity index (χ2n) is 9.06. The van der Waals surface area contributed by atoms with Gasteiger partial charge in [0.25, 0.3) is 15.9 Å². The largest absolute Gasteiger partial charge is 0.311 e. The van der Waals surface area contributed by atoms with Gasteiger partial charge in [0.1, 0.15) is 0 Å². The molecule has 190 valence electrons. The van der Waals surface area contributed by atoms with Crippen LogP contribution in [0.25, 0.3) is 0 Å². The van der Waals surface area contributed by atoms with Gasteiger partial charge >= 0.3 is 0 Å². The highest BCUT2D eigenvalue weighted by Crippen LogP contribution is 2.50. The van der Waals surface area contributed by atoms with Crippen LogP contribution in [0.3, 0.4) is 0 Å². The van der Waals surface area contributed by atoms with Gasteiger partial charge < -0.3 is 4.90 Å². The summed E-state index contributed by atoms with van der Waals surface area (Å²) in [4.78, 5) is 26.5. The third-order valence-electron chi connectivity index (χ3n) is 6.38. The molecule has 2 aromatic carbocycles. The summed E-state index contributed by atoms with van der Waals surface area (Å²) in [6.07, 6.45) is 5.02. The Morgan fingerprint density at radius 2 is 1.92 bits per heavy atom. The van der Waals surface area contributed by atoms with Crippen molar-refractivity contribution in [3.05, 3.63) is 87.1 Å². The molecule has 1 fully saturated rings. The SMILES string of the molecule is CC12CCCC(/C=C/C(=O)NS(=O)(=O)c3ccc(F)c(F)c3)=C1N(Cc1ccc(Cl)cc1Cl)C(=O)C2. The van der Waals surface area contributed by atoms with Crippen LogP contribution >= 0.6 is 23.2 Å². The van der Waals surface area contributed by atoms with Gasteiger partial charge in [0.2, 0.25) is 5.91 Å². The first-order valence-corrected chi connectivity index (χ1v) is 13.3. The number of amides is 2. The van der Waals surface area contributed by atoms with Crippen molar-refractivity contribution in [1.82, 2.24) is 9.62 Å². The number of hydrogen-bond donors (Lipinski definition) is 1. The number of benzene rings is 2. The van der Waals surface area contributed by atoms with E-state index in [1.165, 1.54) is 6.08 Å². The second kappa shape index (κ2) is 9.95. The maximum atomic E-state index is 13.4. The number of halogens is 4. The smallest absolute Gasteiger partial charge is 0.264 e. The molecular formula is C25H22Cl2F2N2O4S. The molecule has 0 radical (unpaired) electrons. The highest BCUT2D eigenvalue weighted by molar-refractivity contribution is 7.90. The van der Waals surface area contributed by atoms with E-state index in [2.05, 4.69) is 0 Å². The molecular weight excluding hydrogens is 533 g/mol. The standard InChI is InChI=1S/C25H22Cl2F2N2O4S/c1-25-10-2-3-15(5-9-22(32)30-36(34,35)18-7-8-20(28)21(29)12-18)24(25)31(23(33)13-25)14-16-4-6-17(26)11-19(16)27/h4-9,11-12H,2-3,10,13-14H2,1H3,(H,30,32)/b9-5+. The highest BCUT2D eigenvalue weighted by Gasteiger charge is 2.46. The molecule has 2 aromatic rings. The average molecular weight is 555 g/mol. The molecule has 1 N–H and O–H groups in total. The van der Waals surface area contributed by atoms with Crippen LogP contribution in [-0.4, -0.2) is 25.1 Å². The molecule has 0 spiro atoms. The minimum atomic E-state index is -4.41. The lowest BCUT2D eigenvalue weighted by molar-refractivity contribution is -0.127. The first kappa shape index (κ1) is 26.3. The fourth-order valence-corrected chi connectivity index (χ4v) is 6.14. The highest BCUT2D eigenvalue weighted by atomic mass is 35.5. The Kier molecular flexibility index (Phi) is 7.28. The second-order valence-corrected chi connectivity index (χ2v) is 11.6. The first-order valence-electron chi connectivity index (χ1n) is 11.1. The Bertz CT molecular complexity index is 1430. The molecule has 1 aliphatic heterocycles. The van der Waals surface area contributed by atoms with E-state index in [1.54, 1.807) is 23.1 Å². The van der Waals surface area contributed by atoms with E-state index < -0.39 is 37.9 Å². The van der Waals surface area contributed by atoms with Crippen molar-refractivity contribution < 1.29 is 26.8 Å². The van der Waals surface area contributed by atoms with E-state index in [0.29, 0.717) is 35.0 Å². The molecule has 0 aromatic heterocycles. The van der Waals surface area contributed by atoms with Crippen LogP contribution in [0.2, 0.25) is 10.0 Å². The van der Waals surface area contributed by atoms with E-state index in [4.69, 9.17) is 23.2 Å². The molecule has 2 aliphatic rings. The Hall–Kier alpha value is -2.75. The number of allylic oxidation sites excluding steroid dienone is 3. The minimum absolute atomic E-state index is 0.0725. The number of nitrogens with zero attached hydrogens (tertiary/aromatic N) is 1. The van der Waals surface area contributed by atoms with Gasteiger partial charge in [-0.25, -0.2) is 21.9 Å². The molecule has 11 heteroatoms. The Balaban J connectivity index is 1.60. The van der Waals surface area contributed by atoms with Crippen LogP contribution in [0, 0.1) is 17.0 Å². The molecule has 36 heavy (non-hydrogen) atoms. The van der Waals surface area contributed by atoms with Crippen LogP contribution in [-0.2, 0) is 26.2 Å². The molecule has 0 bridgehead atoms. The van der Waals surface area contributed by atoms with Crippen molar-refractivity contribution in [2.24, 2.45) is 5.41 Å². The zero-order chi connectivity index (χ0) is 26.3. The number of likely N-dealkylation sites (tertiary alicyclic amines) is 1. The predicted octanol–water partition coefficient (Wildman–Crippen LogP) is 5.51. The predicted molar refractivity (Wildman–Crippen MR) is 131 cm³/mol. The van der Waals surface area contributed by atoms with Gasteiger partial charge in [-0.3, -0.25) is 9.59 Å². The summed E-state index contributed by atoms with van der Waals surface area (Å²) < 4.78 is 53.2. The summed E-state index contributed by atoms with van der Waals surface area (Å²) in [7, 11) is -4.41. The molecule has 1 atom stereocenters. The van der Waals surface area contributed by atoms with Crippen LogP contribution < -0.4 is 4.72 Å². The third-order valence-corrected chi connectivity index (χ3v) is 8.31. The summed E-state index contributed by atoms with van der Waals surface area (Å²) in [6, 6.07) is 7.07. The lowest BCUT2D eigenvalue weighted by atomic mass is 9.74. The average Bonchev–Trinajstić information content (AvgIpc) is 3.05. The number of fused-ring (bicyclic) bond motifs is 1. The summed E-state index contributed by atoms with van der Waals surface area (Å²) in [5.41, 5.74) is 1.80. The molecule has 2 amide bonds. The maximum absolute atomic E-state index is 13.4. The first-order chi connectivity index (χ1) is 16.9. The fraction of sp³-hybridized carbons (Fsp3) is 0.280. The Morgan fingerprint density at radius 3 is 2.61 bits per heavy atom. The van der Waals surface area contributed by atoms with Gasteiger partial charge in [-0.05, 0) is 60.7 Å². The number of carbonyl (C=O) groups is 2. The molecule has 1 saturated heterocycles. The van der Waals surface area contributed by atoms with Gasteiger partial charge in [-0.15, -0.1) is 0 Å². The van der Waals surface area contributed by atoms with Gasteiger partial charge in [0, 0.05) is 33.7 Å². The number of hydrogen-bond acceptors (Lipinski definition) is 4. The molecule has 1 heterocycles. The molecule has 4 rings (SSSR count). The normalized spacial score (nSPS) is 20.2. The molecule has 1 unspecified atom stereocenters. The van der Waals surface area contributed by atoms with Crippen molar-refractivity contribution in [2.45, 2.75) is 44.0 Å². The lowest BCUT2D eigenvalue weighted by Crippen LogP contribution is -2.30. The van der Waals surface area contributed by atoms with E-state index in [1.807, 2.05) is 11.6 Å². The maximum Gasteiger partial charge on any atom is 0.264 e. The van der Waals surface area contributed by atoms with E-state index >= 15 is 0 Å².